The lowest BCUT2D eigenvalue weighted by atomic mass is 9.89. The molecule has 6 aromatic carbocycles. The molecule has 6 atom stereocenters. The Bertz CT molecular complexity index is 6540. The van der Waals surface area contributed by atoms with Gasteiger partial charge in [0.2, 0.25) is 0 Å². The van der Waals surface area contributed by atoms with E-state index < -0.39 is 126 Å². The standard InChI is InChI=1S/C21H25NO4.C19H21NO5.C18H17NO6.C18H19NO5.C18H19NO4.C17H15NO6.CH4/c1-13-8-9-15(16(23)12-13)22-19(24)14-6-5-7-17(18(14)20(22)25)26-11-10-21(2,3)4;1-3-24-9-10-25-16-6-4-5-13-17(16)19(23)20(18(13)22)14-8-7-12(2)11-15(14)21;1-10-6-7-12(13(20)8-10)19-17(22)11-4-3-5-14(16(11)18(19)23)25-9-15(21)24-2;1-11-6-7-13(14(20)10-11)19-17(21)12-4-3-5-15(16(12)18(19)22)24-9-8-23-2;1-10(2)23-15-6-4-5-12-16(15)18(22)19(17(12)21)13-8-7-11(3)9-14(13)20;1-9-5-6-11(12(19)7-9)18-16(22)10-3-2-4-13(15(10)17(18)23)24-8-14(20)21;/h5-7,15H,1,8-12H2,2-4H3;4-6,14H,2-3,7-11H2,1H3;3-5,12H,1,6-9H2,2H3;3-5,13H,1,6-10H2,2H3;4-6,10,13H,3,7-9H2,1-2H3;2-4,11H,1,5-8H2,(H,20,21);1H4. The molecule has 36 nitrogen and oxygen atoms in total. The first-order valence-corrected chi connectivity index (χ1v) is 48.4. The van der Waals surface area contributed by atoms with Gasteiger partial charge in [-0.1, -0.05) is 138 Å². The Morgan fingerprint density at radius 3 is 0.784 bits per heavy atom. The van der Waals surface area contributed by atoms with Gasteiger partial charge in [0.25, 0.3) is 70.9 Å². The van der Waals surface area contributed by atoms with Gasteiger partial charge in [0.05, 0.1) is 136 Å². The van der Waals surface area contributed by atoms with Crippen LogP contribution in [0.4, 0.5) is 0 Å². The van der Waals surface area contributed by atoms with Crippen LogP contribution in [0, 0.1) is 5.41 Å². The Morgan fingerprint density at radius 1 is 0.331 bits per heavy atom. The smallest absolute Gasteiger partial charge is 0.343 e. The summed E-state index contributed by atoms with van der Waals surface area (Å²) in [4.78, 5) is 255. The first-order valence-electron chi connectivity index (χ1n) is 48.4. The minimum absolute atomic E-state index is 0. The Morgan fingerprint density at radius 2 is 0.561 bits per heavy atom. The fourth-order valence-electron chi connectivity index (χ4n) is 19.0. The minimum atomic E-state index is -1.19. The number of hydrogen-bond acceptors (Lipinski definition) is 29. The van der Waals surface area contributed by atoms with E-state index in [1.165, 1.54) is 37.4 Å². The molecule has 6 saturated carbocycles. The number of rotatable bonds is 26. The first kappa shape index (κ1) is 111. The number of carboxylic acid groups (broad SMARTS) is 1. The third-order valence-corrected chi connectivity index (χ3v) is 26.4. The normalized spacial score (nSPS) is 20.3. The molecule has 6 aliphatic carbocycles. The second kappa shape index (κ2) is 48.1. The van der Waals surface area contributed by atoms with Crippen LogP contribution >= 0.6 is 0 Å². The zero-order valence-corrected chi connectivity index (χ0v) is 83.2. The van der Waals surface area contributed by atoms with E-state index in [2.05, 4.69) is 65.0 Å². The highest BCUT2D eigenvalue weighted by Crippen LogP contribution is 2.44. The topological polar surface area (TPSA) is 464 Å². The molecule has 6 aliphatic heterocycles. The monoisotopic (exact) mass is 2030 g/mol. The SMILES string of the molecule is C.C=C1CCC(N2C(=O)c3cccc(OC(C)C)c3C2=O)C(=O)C1.C=C1CCC(N2C(=O)c3cccc(OCC(=O)O)c3C2=O)C(=O)C1.C=C1CCC(N2C(=O)c3cccc(OCC(=O)OC)c3C2=O)C(=O)C1.C=C1CCC(N2C(=O)c3cccc(OCCC(C)(C)C)c3C2=O)C(=O)C1.C=C1CCC(N2C(=O)c3cccc(OCCOC)c3C2=O)C(=O)C1.C=C1CCC(N2C(=O)c3cccc(OCCOCC)c3C2=O)C(=O)C1. The molecular formula is C112H120N6O30. The van der Waals surface area contributed by atoms with Gasteiger partial charge in [-0.2, -0.15) is 0 Å². The van der Waals surface area contributed by atoms with Gasteiger partial charge < -0.3 is 47.7 Å². The number of Topliss-reactive ketones (excluding diaryl/α,β-unsaturated/α-hetero) is 6. The van der Waals surface area contributed by atoms with Crippen LogP contribution in [0.5, 0.6) is 34.5 Å². The van der Waals surface area contributed by atoms with Crippen molar-refractivity contribution >= 4 is 118 Å². The van der Waals surface area contributed by atoms with E-state index in [9.17, 15) is 95.9 Å². The number of methoxy groups -OCH3 is 2. The lowest BCUT2D eigenvalue weighted by molar-refractivity contribution is -0.143. The fraction of sp³-hybridized carbons (Fsp3) is 0.393. The molecule has 12 amide bonds. The van der Waals surface area contributed by atoms with Crippen LogP contribution in [0.1, 0.15) is 295 Å². The zero-order chi connectivity index (χ0) is 107. The number of carboxylic acids is 1. The molecule has 36 heteroatoms. The van der Waals surface area contributed by atoms with E-state index >= 15 is 0 Å². The molecule has 1 N–H and O–H groups in total. The number of carbonyl (C=O) groups is 20. The van der Waals surface area contributed by atoms with Crippen molar-refractivity contribution in [3.8, 4) is 34.5 Å². The number of amides is 12. The van der Waals surface area contributed by atoms with Crippen molar-refractivity contribution in [1.29, 1.82) is 0 Å². The number of esters is 1. The van der Waals surface area contributed by atoms with Crippen molar-refractivity contribution in [2.75, 3.05) is 67.1 Å². The summed E-state index contributed by atoms with van der Waals surface area (Å²) in [5.74, 6) is -6.80. The van der Waals surface area contributed by atoms with Crippen molar-refractivity contribution in [3.05, 3.63) is 249 Å². The summed E-state index contributed by atoms with van der Waals surface area (Å²) in [6.07, 6.45) is 8.18. The number of aliphatic carboxylic acids is 1. The van der Waals surface area contributed by atoms with Crippen molar-refractivity contribution in [2.24, 2.45) is 5.41 Å². The average molecular weight is 2030 g/mol. The Kier molecular flexibility index (Phi) is 36.1. The van der Waals surface area contributed by atoms with Gasteiger partial charge in [-0.05, 0) is 182 Å². The molecule has 6 aromatic rings. The van der Waals surface area contributed by atoms with E-state index in [4.69, 9.17) is 43.0 Å². The number of ketones is 6. The van der Waals surface area contributed by atoms with Crippen LogP contribution in [0.2, 0.25) is 0 Å². The lowest BCUT2D eigenvalue weighted by Gasteiger charge is -2.29. The van der Waals surface area contributed by atoms with Gasteiger partial charge in [-0.25, -0.2) is 9.59 Å². The second-order valence-electron chi connectivity index (χ2n) is 38.4. The van der Waals surface area contributed by atoms with Crippen LogP contribution in [0.3, 0.4) is 0 Å². The Hall–Kier alpha value is -15.7. The number of benzene rings is 6. The quantitative estimate of drug-likeness (QED) is 0.0228. The predicted molar refractivity (Wildman–Crippen MR) is 534 cm³/mol. The molecule has 778 valence electrons. The first-order chi connectivity index (χ1) is 70.0. The largest absolute Gasteiger partial charge is 0.493 e. The predicted octanol–water partition coefficient (Wildman–Crippen LogP) is 14.5. The number of carbonyl (C=O) groups excluding carboxylic acids is 19. The van der Waals surface area contributed by atoms with E-state index in [1.807, 2.05) is 20.8 Å². The fourth-order valence-corrected chi connectivity index (χ4v) is 19.0. The number of ether oxygens (including phenoxy) is 9. The molecule has 18 rings (SSSR count). The summed E-state index contributed by atoms with van der Waals surface area (Å²) in [5, 5.41) is 8.72. The molecule has 0 aromatic heterocycles. The third-order valence-electron chi connectivity index (χ3n) is 26.4. The van der Waals surface area contributed by atoms with Crippen LogP contribution < -0.4 is 28.4 Å². The van der Waals surface area contributed by atoms with Gasteiger partial charge in [0, 0.05) is 52.2 Å². The van der Waals surface area contributed by atoms with Crippen LogP contribution in [0.25, 0.3) is 0 Å². The van der Waals surface area contributed by atoms with Crippen LogP contribution in [-0.2, 0) is 52.6 Å². The molecule has 12 aliphatic rings. The van der Waals surface area contributed by atoms with Crippen LogP contribution in [-0.4, -0.2) is 261 Å². The highest BCUT2D eigenvalue weighted by atomic mass is 16.6. The highest BCUT2D eigenvalue weighted by Gasteiger charge is 2.53. The molecule has 0 bridgehead atoms. The Balaban J connectivity index is 0.000000158. The summed E-state index contributed by atoms with van der Waals surface area (Å²) < 4.78 is 47.8. The summed E-state index contributed by atoms with van der Waals surface area (Å²) in [6, 6.07) is 24.4. The minimum Gasteiger partial charge on any atom is -0.493 e. The van der Waals surface area contributed by atoms with Gasteiger partial charge in [0.1, 0.15) is 47.7 Å². The summed E-state index contributed by atoms with van der Waals surface area (Å²) >= 11 is 0. The van der Waals surface area contributed by atoms with E-state index in [0.717, 1.165) is 69.3 Å². The summed E-state index contributed by atoms with van der Waals surface area (Å²) in [6.45, 7) is 36.2. The maximum Gasteiger partial charge on any atom is 0.343 e. The van der Waals surface area contributed by atoms with E-state index in [1.54, 1.807) is 86.0 Å². The van der Waals surface area contributed by atoms with Gasteiger partial charge >= 0.3 is 11.9 Å². The molecular weight excluding hydrogens is 1910 g/mol. The molecule has 148 heavy (non-hydrogen) atoms. The van der Waals surface area contributed by atoms with Crippen LogP contribution in [0.15, 0.2) is 182 Å². The third kappa shape index (κ3) is 24.1. The second-order valence-corrected chi connectivity index (χ2v) is 38.4. The number of allylic oxidation sites excluding steroid dienone is 6. The van der Waals surface area contributed by atoms with Crippen molar-refractivity contribution in [2.45, 2.75) is 213 Å². The summed E-state index contributed by atoms with van der Waals surface area (Å²) in [5.41, 5.74) is 7.71. The number of hydrogen-bond donors (Lipinski definition) is 1. The lowest BCUT2D eigenvalue weighted by Crippen LogP contribution is -2.46. The maximum absolute atomic E-state index is 13.0. The van der Waals surface area contributed by atoms with E-state index in [0.29, 0.717) is 138 Å². The number of nitrogens with zero attached hydrogens (tertiary/aromatic N) is 6. The van der Waals surface area contributed by atoms with Crippen molar-refractivity contribution in [1.82, 2.24) is 29.4 Å². The van der Waals surface area contributed by atoms with Gasteiger partial charge in [-0.3, -0.25) is 116 Å². The number of fused-ring (bicyclic) bond motifs is 6. The van der Waals surface area contributed by atoms with Crippen molar-refractivity contribution < 1.29 is 144 Å². The van der Waals surface area contributed by atoms with Gasteiger partial charge in [-0.15, -0.1) is 0 Å². The molecule has 6 unspecified atom stereocenters. The molecule has 0 radical (unpaired) electrons. The highest BCUT2D eigenvalue weighted by molar-refractivity contribution is 6.29. The van der Waals surface area contributed by atoms with Gasteiger partial charge in [0.15, 0.2) is 47.9 Å². The molecule has 6 heterocycles. The van der Waals surface area contributed by atoms with Crippen molar-refractivity contribution in [3.63, 3.8) is 0 Å². The zero-order valence-electron chi connectivity index (χ0n) is 83.2. The van der Waals surface area contributed by atoms with E-state index in [-0.39, 0.29) is 179 Å². The molecule has 0 spiro atoms. The average Bonchev–Trinajstić information content (AvgIpc) is 1.63. The molecule has 0 saturated heterocycles. The Labute approximate surface area is 855 Å². The number of imide groups is 6. The molecule has 6 fully saturated rings. The summed E-state index contributed by atoms with van der Waals surface area (Å²) in [7, 11) is 2.78. The maximum atomic E-state index is 13.0.